The van der Waals surface area contributed by atoms with Crippen molar-refractivity contribution in [3.05, 3.63) is 84.9 Å². The third-order valence-corrected chi connectivity index (χ3v) is 4.80. The van der Waals surface area contributed by atoms with Gasteiger partial charge in [0.05, 0.1) is 0 Å². The molecule has 99 valence electrons. The molecule has 21 heavy (non-hydrogen) atoms. The molecule has 4 aromatic rings. The molecule has 0 spiro atoms. The molecule has 0 aliphatic rings. The van der Waals surface area contributed by atoms with Gasteiger partial charge in [-0.05, 0) is 52.9 Å². The Kier molecular flexibility index (Phi) is 3.18. The molecule has 0 heterocycles. The van der Waals surface area contributed by atoms with Crippen molar-refractivity contribution in [1.29, 1.82) is 0 Å². The summed E-state index contributed by atoms with van der Waals surface area (Å²) >= 11 is 0. The van der Waals surface area contributed by atoms with Gasteiger partial charge in [0, 0.05) is 0 Å². The average molecular weight is 285 g/mol. The van der Waals surface area contributed by atoms with Crippen LogP contribution in [0.1, 0.15) is 0 Å². The number of benzene rings is 4. The molecular weight excluding hydrogens is 271 g/mol. The van der Waals surface area contributed by atoms with Crippen molar-refractivity contribution < 1.29 is 0 Å². The molecule has 0 aliphatic carbocycles. The lowest BCUT2D eigenvalue weighted by molar-refractivity contribution is 1.78. The summed E-state index contributed by atoms with van der Waals surface area (Å²) in [6.07, 6.45) is 0. The van der Waals surface area contributed by atoms with Crippen LogP contribution in [0.5, 0.6) is 0 Å². The quantitative estimate of drug-likeness (QED) is 0.460. The van der Waals surface area contributed by atoms with E-state index in [0.29, 0.717) is 0 Å². The van der Waals surface area contributed by atoms with Gasteiger partial charge in [0.15, 0.2) is 0 Å². The van der Waals surface area contributed by atoms with E-state index in [-0.39, 0.29) is 0 Å². The zero-order valence-corrected chi connectivity index (χ0v) is 12.4. The zero-order chi connectivity index (χ0) is 14.1. The van der Waals surface area contributed by atoms with Crippen LogP contribution in [-0.2, 0) is 0 Å². The highest BCUT2D eigenvalue weighted by Crippen LogP contribution is 2.19. The molecule has 4 rings (SSSR count). The molecule has 0 bridgehead atoms. The van der Waals surface area contributed by atoms with Crippen LogP contribution in [0.25, 0.3) is 21.5 Å². The highest BCUT2D eigenvalue weighted by Gasteiger charge is 2.01. The Bertz CT molecular complexity index is 847. The van der Waals surface area contributed by atoms with E-state index < -0.39 is 0 Å². The molecule has 0 atom stereocenters. The maximum Gasteiger partial charge on any atom is -0.00999 e. The van der Waals surface area contributed by atoms with Crippen LogP contribution >= 0.6 is 8.58 Å². The molecule has 0 unspecified atom stereocenters. The fraction of sp³-hybridized carbons (Fsp3) is 0. The minimum absolute atomic E-state index is 1.26. The minimum atomic E-state index is 1.26. The van der Waals surface area contributed by atoms with Crippen LogP contribution in [0.4, 0.5) is 0 Å². The van der Waals surface area contributed by atoms with Crippen LogP contribution in [0, 0.1) is 0 Å². The Morgan fingerprint density at radius 1 is 0.429 bits per heavy atom. The topological polar surface area (TPSA) is 0 Å². The number of rotatable bonds is 2. The molecule has 0 saturated heterocycles. The van der Waals surface area contributed by atoms with E-state index in [1.807, 2.05) is 0 Å². The Labute approximate surface area is 126 Å². The van der Waals surface area contributed by atoms with Gasteiger partial charge in [-0.2, -0.15) is 0 Å². The van der Waals surface area contributed by atoms with Crippen molar-refractivity contribution in [1.82, 2.24) is 0 Å². The number of fused-ring (bicyclic) bond motifs is 2. The minimum Gasteiger partial charge on any atom is -0.0616 e. The first-order valence-electron chi connectivity index (χ1n) is 7.08. The van der Waals surface area contributed by atoms with E-state index in [0.717, 1.165) is 0 Å². The Hall–Kier alpha value is -2.17. The predicted octanol–water partition coefficient (Wildman–Crippen LogP) is 4.89. The molecule has 0 amide bonds. The maximum atomic E-state index is 2.28. The van der Waals surface area contributed by atoms with Gasteiger partial charge >= 0.3 is 0 Å². The number of hydrogen-bond donors (Lipinski definition) is 0. The van der Waals surface area contributed by atoms with Gasteiger partial charge in [-0.15, -0.1) is 0 Å². The second-order valence-electron chi connectivity index (χ2n) is 5.17. The summed E-state index contributed by atoms with van der Waals surface area (Å²) in [7, 11) is 1.26. The van der Waals surface area contributed by atoms with Crippen LogP contribution in [-0.4, -0.2) is 0 Å². The Morgan fingerprint density at radius 2 is 0.857 bits per heavy atom. The lowest BCUT2D eigenvalue weighted by atomic mass is 10.1. The summed E-state index contributed by atoms with van der Waals surface area (Å²) < 4.78 is 0. The fourth-order valence-corrected chi connectivity index (χ4v) is 3.65. The van der Waals surface area contributed by atoms with Crippen LogP contribution in [0.15, 0.2) is 84.9 Å². The van der Waals surface area contributed by atoms with E-state index in [9.17, 15) is 0 Å². The van der Waals surface area contributed by atoms with Crippen molar-refractivity contribution in [2.75, 3.05) is 0 Å². The first-order valence-corrected chi connectivity index (χ1v) is 7.97. The van der Waals surface area contributed by atoms with E-state index in [1.165, 1.54) is 40.7 Å². The van der Waals surface area contributed by atoms with E-state index >= 15 is 0 Å². The second kappa shape index (κ2) is 5.31. The van der Waals surface area contributed by atoms with Gasteiger partial charge in [-0.1, -0.05) is 72.8 Å². The highest BCUT2D eigenvalue weighted by atomic mass is 31.1. The van der Waals surface area contributed by atoms with Crippen molar-refractivity contribution in [2.45, 2.75) is 0 Å². The van der Waals surface area contributed by atoms with Gasteiger partial charge in [-0.3, -0.25) is 0 Å². The van der Waals surface area contributed by atoms with E-state index in [4.69, 9.17) is 0 Å². The summed E-state index contributed by atoms with van der Waals surface area (Å²) in [5.74, 6) is 0. The normalized spacial score (nSPS) is 11.0. The Morgan fingerprint density at radius 3 is 1.33 bits per heavy atom. The largest absolute Gasteiger partial charge is 0.0616 e. The molecular formula is C20H14P. The molecule has 0 fully saturated rings. The molecule has 1 radical (unpaired) electrons. The third-order valence-electron chi connectivity index (χ3n) is 3.72. The molecule has 4 aromatic carbocycles. The van der Waals surface area contributed by atoms with Gasteiger partial charge in [0.1, 0.15) is 0 Å². The first kappa shape index (κ1) is 12.6. The van der Waals surface area contributed by atoms with E-state index in [2.05, 4.69) is 84.9 Å². The van der Waals surface area contributed by atoms with Crippen molar-refractivity contribution >= 4 is 40.7 Å². The Balaban J connectivity index is 1.71. The maximum absolute atomic E-state index is 2.28. The average Bonchev–Trinajstić information content (AvgIpc) is 2.55. The third kappa shape index (κ3) is 2.55. The summed E-state index contributed by atoms with van der Waals surface area (Å²) in [5.41, 5.74) is 0. The summed E-state index contributed by atoms with van der Waals surface area (Å²) in [6, 6.07) is 30.5. The highest BCUT2D eigenvalue weighted by molar-refractivity contribution is 7.55. The number of hydrogen-bond acceptors (Lipinski definition) is 0. The standard InChI is InChI=1S/C20H14P/c1-3-7-17-13-19(11-9-15(17)5-1)21-20-12-10-16-6-2-4-8-18(16)14-20/h1-14H. The molecule has 0 nitrogen and oxygen atoms in total. The van der Waals surface area contributed by atoms with Crippen LogP contribution < -0.4 is 10.6 Å². The van der Waals surface area contributed by atoms with Gasteiger partial charge in [-0.25, -0.2) is 0 Å². The van der Waals surface area contributed by atoms with Crippen molar-refractivity contribution in [3.63, 3.8) is 0 Å². The van der Waals surface area contributed by atoms with Gasteiger partial charge < -0.3 is 0 Å². The van der Waals surface area contributed by atoms with Crippen molar-refractivity contribution in [3.8, 4) is 0 Å². The predicted molar refractivity (Wildman–Crippen MR) is 94.1 cm³/mol. The van der Waals surface area contributed by atoms with Crippen LogP contribution in [0.2, 0.25) is 0 Å². The second-order valence-corrected chi connectivity index (χ2v) is 6.43. The summed E-state index contributed by atoms with van der Waals surface area (Å²) in [6.45, 7) is 0. The molecule has 1 heteroatoms. The summed E-state index contributed by atoms with van der Waals surface area (Å²) in [4.78, 5) is 0. The van der Waals surface area contributed by atoms with E-state index in [1.54, 1.807) is 0 Å². The van der Waals surface area contributed by atoms with Gasteiger partial charge in [0.2, 0.25) is 0 Å². The van der Waals surface area contributed by atoms with Gasteiger partial charge in [0.25, 0.3) is 0 Å². The molecule has 0 N–H and O–H groups in total. The molecule has 0 saturated carbocycles. The SMILES string of the molecule is c1ccc2cc([P]c3ccc4ccccc4c3)ccc2c1. The zero-order valence-electron chi connectivity index (χ0n) is 11.5. The molecule has 0 aromatic heterocycles. The molecule has 0 aliphatic heterocycles. The first-order chi connectivity index (χ1) is 10.4. The van der Waals surface area contributed by atoms with Crippen molar-refractivity contribution in [2.24, 2.45) is 0 Å². The lowest BCUT2D eigenvalue weighted by Gasteiger charge is -2.05. The van der Waals surface area contributed by atoms with Crippen LogP contribution in [0.3, 0.4) is 0 Å². The fourth-order valence-electron chi connectivity index (χ4n) is 2.64. The smallest absolute Gasteiger partial charge is 0.00999 e. The lowest BCUT2D eigenvalue weighted by Crippen LogP contribution is -2.02. The monoisotopic (exact) mass is 285 g/mol. The summed E-state index contributed by atoms with van der Waals surface area (Å²) in [5, 5.41) is 7.89.